The Labute approximate surface area is 136 Å². The monoisotopic (exact) mass is 335 g/mol. The van der Waals surface area contributed by atoms with Crippen molar-refractivity contribution in [2.75, 3.05) is 4.90 Å². The second-order valence-corrected chi connectivity index (χ2v) is 6.52. The van der Waals surface area contributed by atoms with Crippen LogP contribution in [0.25, 0.3) is 0 Å². The quantitative estimate of drug-likeness (QED) is 0.805. The third-order valence-electron chi connectivity index (χ3n) is 3.54. The maximum absolute atomic E-state index is 12.6. The molecule has 1 aliphatic heterocycles. The van der Waals surface area contributed by atoms with Gasteiger partial charge >= 0.3 is 0 Å². The third-order valence-corrected chi connectivity index (χ3v) is 4.85. The fraction of sp³-hybridized carbons (Fsp3) is 0.333. The predicted molar refractivity (Wildman–Crippen MR) is 85.2 cm³/mol. The first-order chi connectivity index (χ1) is 10.6. The van der Waals surface area contributed by atoms with Gasteiger partial charge in [-0.25, -0.2) is 4.90 Å². The van der Waals surface area contributed by atoms with E-state index < -0.39 is 5.92 Å². The summed E-state index contributed by atoms with van der Waals surface area (Å²) < 4.78 is 0. The highest BCUT2D eigenvalue weighted by Gasteiger charge is 2.42. The second kappa shape index (κ2) is 6.14. The number of imide groups is 1. The average Bonchev–Trinajstić information content (AvgIpc) is 3.05. The first-order valence-electron chi connectivity index (χ1n) is 7.05. The van der Waals surface area contributed by atoms with E-state index in [-0.39, 0.29) is 18.2 Å². The number of amides is 2. The largest absolute Gasteiger partial charge is 0.274 e. The molecule has 1 fully saturated rings. The molecule has 0 N–H and O–H groups in total. The van der Waals surface area contributed by atoms with Crippen LogP contribution in [-0.2, 0) is 16.0 Å². The SMILES string of the molecule is CCCc1nnc(N2C(=O)CC(c3ccccc3Cl)C2=O)s1. The lowest BCUT2D eigenvalue weighted by Gasteiger charge is -2.11. The second-order valence-electron chi connectivity index (χ2n) is 5.07. The molecule has 2 amide bonds. The number of hydrogen-bond donors (Lipinski definition) is 0. The number of aromatic nitrogens is 2. The van der Waals surface area contributed by atoms with E-state index in [0.717, 1.165) is 22.7 Å². The van der Waals surface area contributed by atoms with Gasteiger partial charge < -0.3 is 0 Å². The van der Waals surface area contributed by atoms with Crippen molar-refractivity contribution in [3.63, 3.8) is 0 Å². The van der Waals surface area contributed by atoms with E-state index in [9.17, 15) is 9.59 Å². The number of nitrogens with zero attached hydrogens (tertiary/aromatic N) is 3. The summed E-state index contributed by atoms with van der Waals surface area (Å²) >= 11 is 7.44. The van der Waals surface area contributed by atoms with Gasteiger partial charge in [0, 0.05) is 17.9 Å². The summed E-state index contributed by atoms with van der Waals surface area (Å²) in [7, 11) is 0. The number of anilines is 1. The molecule has 2 aromatic rings. The maximum Gasteiger partial charge on any atom is 0.243 e. The zero-order chi connectivity index (χ0) is 15.7. The molecule has 0 bridgehead atoms. The summed E-state index contributed by atoms with van der Waals surface area (Å²) in [5, 5.41) is 9.71. The molecular formula is C15H14ClN3O2S. The number of carbonyl (C=O) groups is 2. The fourth-order valence-electron chi connectivity index (χ4n) is 2.48. The first kappa shape index (κ1) is 15.1. The molecule has 1 saturated heterocycles. The lowest BCUT2D eigenvalue weighted by Crippen LogP contribution is -2.30. The average molecular weight is 336 g/mol. The predicted octanol–water partition coefficient (Wildman–Crippen LogP) is 3.19. The number of aryl methyl sites for hydroxylation is 1. The van der Waals surface area contributed by atoms with Crippen LogP contribution >= 0.6 is 22.9 Å². The van der Waals surface area contributed by atoms with Crippen LogP contribution in [0.5, 0.6) is 0 Å². The van der Waals surface area contributed by atoms with Gasteiger partial charge in [0.1, 0.15) is 5.01 Å². The van der Waals surface area contributed by atoms with E-state index in [0.29, 0.717) is 15.7 Å². The van der Waals surface area contributed by atoms with Crippen LogP contribution in [0, 0.1) is 0 Å². The van der Waals surface area contributed by atoms with Crippen molar-refractivity contribution < 1.29 is 9.59 Å². The van der Waals surface area contributed by atoms with Crippen LogP contribution in [0.15, 0.2) is 24.3 Å². The summed E-state index contributed by atoms with van der Waals surface area (Å²) in [6, 6.07) is 7.12. The standard InChI is InChI=1S/C15H14ClN3O2S/c1-2-5-12-17-18-15(22-12)19-13(20)8-10(14(19)21)9-6-3-4-7-11(9)16/h3-4,6-7,10H,2,5,8H2,1H3. The van der Waals surface area contributed by atoms with Crippen molar-refractivity contribution in [1.29, 1.82) is 0 Å². The van der Waals surface area contributed by atoms with Crippen molar-refractivity contribution in [2.24, 2.45) is 0 Å². The van der Waals surface area contributed by atoms with Crippen LogP contribution < -0.4 is 4.90 Å². The Balaban J connectivity index is 1.90. The number of hydrogen-bond acceptors (Lipinski definition) is 5. The number of halogens is 1. The highest BCUT2D eigenvalue weighted by molar-refractivity contribution is 7.15. The van der Waals surface area contributed by atoms with E-state index in [1.54, 1.807) is 18.2 Å². The van der Waals surface area contributed by atoms with Gasteiger partial charge in [0.25, 0.3) is 0 Å². The summed E-state index contributed by atoms with van der Waals surface area (Å²) in [4.78, 5) is 26.0. The van der Waals surface area contributed by atoms with Crippen molar-refractivity contribution in [3.8, 4) is 0 Å². The Bertz CT molecular complexity index is 731. The highest BCUT2D eigenvalue weighted by atomic mass is 35.5. The van der Waals surface area contributed by atoms with Gasteiger partial charge in [0.05, 0.1) is 5.92 Å². The van der Waals surface area contributed by atoms with E-state index in [1.165, 1.54) is 11.3 Å². The van der Waals surface area contributed by atoms with Crippen LogP contribution in [0.1, 0.15) is 36.3 Å². The Morgan fingerprint density at radius 3 is 2.82 bits per heavy atom. The molecule has 0 radical (unpaired) electrons. The lowest BCUT2D eigenvalue weighted by atomic mass is 9.98. The topological polar surface area (TPSA) is 63.2 Å². The molecule has 2 heterocycles. The van der Waals surface area contributed by atoms with E-state index in [1.807, 2.05) is 13.0 Å². The summed E-state index contributed by atoms with van der Waals surface area (Å²) in [6.45, 7) is 2.04. The Hall–Kier alpha value is -1.79. The van der Waals surface area contributed by atoms with Gasteiger partial charge in [-0.1, -0.05) is 48.1 Å². The highest BCUT2D eigenvalue weighted by Crippen LogP contribution is 2.37. The molecule has 1 aromatic carbocycles. The van der Waals surface area contributed by atoms with E-state index in [2.05, 4.69) is 10.2 Å². The lowest BCUT2D eigenvalue weighted by molar-refractivity contribution is -0.121. The van der Waals surface area contributed by atoms with E-state index in [4.69, 9.17) is 11.6 Å². The molecule has 7 heteroatoms. The fourth-order valence-corrected chi connectivity index (χ4v) is 3.71. The normalized spacial score (nSPS) is 18.3. The number of benzene rings is 1. The van der Waals surface area contributed by atoms with Gasteiger partial charge in [-0.2, -0.15) is 0 Å². The van der Waals surface area contributed by atoms with Crippen LogP contribution in [0.4, 0.5) is 5.13 Å². The van der Waals surface area contributed by atoms with Gasteiger partial charge in [-0.3, -0.25) is 9.59 Å². The minimum atomic E-state index is -0.542. The molecule has 114 valence electrons. The van der Waals surface area contributed by atoms with Crippen molar-refractivity contribution >= 4 is 39.9 Å². The molecule has 1 aliphatic rings. The zero-order valence-corrected chi connectivity index (χ0v) is 13.5. The Kier molecular flexibility index (Phi) is 4.22. The molecule has 1 atom stereocenters. The Morgan fingerprint density at radius 1 is 1.32 bits per heavy atom. The van der Waals surface area contributed by atoms with Crippen LogP contribution in [0.2, 0.25) is 5.02 Å². The van der Waals surface area contributed by atoms with Crippen LogP contribution in [0.3, 0.4) is 0 Å². The molecular weight excluding hydrogens is 322 g/mol. The maximum atomic E-state index is 12.6. The van der Waals surface area contributed by atoms with Crippen molar-refractivity contribution in [2.45, 2.75) is 32.1 Å². The van der Waals surface area contributed by atoms with Gasteiger partial charge in [0.15, 0.2) is 0 Å². The first-order valence-corrected chi connectivity index (χ1v) is 8.25. The smallest absolute Gasteiger partial charge is 0.243 e. The van der Waals surface area contributed by atoms with Crippen molar-refractivity contribution in [3.05, 3.63) is 39.9 Å². The number of carbonyl (C=O) groups excluding carboxylic acids is 2. The minimum absolute atomic E-state index is 0.116. The van der Waals surface area contributed by atoms with Gasteiger partial charge in [-0.05, 0) is 18.1 Å². The van der Waals surface area contributed by atoms with Gasteiger partial charge in [0.2, 0.25) is 16.9 Å². The molecule has 0 saturated carbocycles. The van der Waals surface area contributed by atoms with Gasteiger partial charge in [-0.15, -0.1) is 10.2 Å². The third kappa shape index (κ3) is 2.64. The zero-order valence-electron chi connectivity index (χ0n) is 12.0. The molecule has 0 spiro atoms. The molecule has 3 rings (SSSR count). The molecule has 22 heavy (non-hydrogen) atoms. The van der Waals surface area contributed by atoms with Crippen LogP contribution in [-0.4, -0.2) is 22.0 Å². The molecule has 1 unspecified atom stereocenters. The van der Waals surface area contributed by atoms with E-state index >= 15 is 0 Å². The minimum Gasteiger partial charge on any atom is -0.274 e. The molecule has 1 aromatic heterocycles. The Morgan fingerprint density at radius 2 is 2.09 bits per heavy atom. The van der Waals surface area contributed by atoms with Crippen molar-refractivity contribution in [1.82, 2.24) is 10.2 Å². The molecule has 0 aliphatic carbocycles. The summed E-state index contributed by atoms with van der Waals surface area (Å²) in [5.41, 5.74) is 0.684. The summed E-state index contributed by atoms with van der Waals surface area (Å²) in [5.74, 6) is -1.08. The number of rotatable bonds is 4. The summed E-state index contributed by atoms with van der Waals surface area (Å²) in [6.07, 6.45) is 1.85. The molecule has 5 nitrogen and oxygen atoms in total.